The van der Waals surface area contributed by atoms with Crippen LogP contribution in [0.1, 0.15) is 6.92 Å². The summed E-state index contributed by atoms with van der Waals surface area (Å²) in [7, 11) is 0. The summed E-state index contributed by atoms with van der Waals surface area (Å²) >= 11 is 0. The molecule has 0 aliphatic carbocycles. The lowest BCUT2D eigenvalue weighted by Gasteiger charge is -2.11. The fourth-order valence-corrected chi connectivity index (χ4v) is 1.14. The highest BCUT2D eigenvalue weighted by atomic mass is 16.3. The van der Waals surface area contributed by atoms with Crippen molar-refractivity contribution in [2.75, 3.05) is 13.2 Å². The fourth-order valence-electron chi connectivity index (χ4n) is 1.14. The van der Waals surface area contributed by atoms with Gasteiger partial charge in [-0.15, -0.1) is 0 Å². The van der Waals surface area contributed by atoms with Gasteiger partial charge < -0.3 is 5.11 Å². The first-order valence-corrected chi connectivity index (χ1v) is 4.01. The van der Waals surface area contributed by atoms with Gasteiger partial charge in [-0.1, -0.05) is 12.2 Å². The van der Waals surface area contributed by atoms with Gasteiger partial charge in [0.25, 0.3) is 11.8 Å². The molecular formula is C9H11NO3. The second kappa shape index (κ2) is 4.00. The molecule has 1 N–H and O–H groups in total. The van der Waals surface area contributed by atoms with Gasteiger partial charge in [-0.25, -0.2) is 0 Å². The molecule has 0 saturated heterocycles. The number of allylic oxidation sites excluding steroid dienone is 1. The first-order valence-electron chi connectivity index (χ1n) is 4.01. The van der Waals surface area contributed by atoms with E-state index in [1.807, 2.05) is 0 Å². The number of nitrogens with zero attached hydrogens (tertiary/aromatic N) is 1. The molecule has 0 unspecified atom stereocenters. The van der Waals surface area contributed by atoms with Gasteiger partial charge in [0.05, 0.1) is 13.2 Å². The molecule has 0 atom stereocenters. The van der Waals surface area contributed by atoms with E-state index in [-0.39, 0.29) is 25.0 Å². The standard InChI is InChI=1S/C9H11NO3/c1-2-3-7-6-8(12)10(4-5-11)9(7)13/h2-3,6,11H,4-5H2,1H3/b3-2+. The minimum Gasteiger partial charge on any atom is -0.395 e. The number of hydrogen-bond donors (Lipinski definition) is 1. The van der Waals surface area contributed by atoms with E-state index in [2.05, 4.69) is 0 Å². The molecule has 13 heavy (non-hydrogen) atoms. The molecule has 0 saturated carbocycles. The van der Waals surface area contributed by atoms with E-state index in [0.29, 0.717) is 5.57 Å². The smallest absolute Gasteiger partial charge is 0.260 e. The van der Waals surface area contributed by atoms with Gasteiger partial charge in [-0.05, 0) is 6.92 Å². The molecule has 1 aliphatic rings. The van der Waals surface area contributed by atoms with Crippen molar-refractivity contribution in [2.24, 2.45) is 0 Å². The van der Waals surface area contributed by atoms with Crippen LogP contribution in [0, 0.1) is 0 Å². The van der Waals surface area contributed by atoms with Gasteiger partial charge in [-0.3, -0.25) is 14.5 Å². The van der Waals surface area contributed by atoms with Crippen LogP contribution in [0.5, 0.6) is 0 Å². The molecule has 1 aliphatic heterocycles. The van der Waals surface area contributed by atoms with Gasteiger partial charge in [-0.2, -0.15) is 0 Å². The second-order valence-corrected chi connectivity index (χ2v) is 2.62. The Balaban J connectivity index is 2.79. The van der Waals surface area contributed by atoms with Crippen molar-refractivity contribution in [3.63, 3.8) is 0 Å². The van der Waals surface area contributed by atoms with Gasteiger partial charge in [0.1, 0.15) is 0 Å². The third-order valence-electron chi connectivity index (χ3n) is 1.71. The van der Waals surface area contributed by atoms with Crippen LogP contribution in [0.4, 0.5) is 0 Å². The first kappa shape index (κ1) is 9.67. The molecule has 1 heterocycles. The summed E-state index contributed by atoms with van der Waals surface area (Å²) in [4.78, 5) is 23.5. The molecule has 0 bridgehead atoms. The summed E-state index contributed by atoms with van der Waals surface area (Å²) in [6, 6.07) is 0. The zero-order valence-corrected chi connectivity index (χ0v) is 7.36. The van der Waals surface area contributed by atoms with Crippen LogP contribution in [0.2, 0.25) is 0 Å². The van der Waals surface area contributed by atoms with E-state index >= 15 is 0 Å². The van der Waals surface area contributed by atoms with Crippen molar-refractivity contribution in [1.29, 1.82) is 0 Å². The summed E-state index contributed by atoms with van der Waals surface area (Å²) in [6.07, 6.45) is 4.55. The number of aliphatic hydroxyl groups excluding tert-OH is 1. The highest BCUT2D eigenvalue weighted by Gasteiger charge is 2.28. The molecule has 70 valence electrons. The summed E-state index contributed by atoms with van der Waals surface area (Å²) in [5.74, 6) is -0.690. The van der Waals surface area contributed by atoms with Crippen LogP contribution in [-0.4, -0.2) is 35.0 Å². The van der Waals surface area contributed by atoms with Gasteiger partial charge in [0.15, 0.2) is 0 Å². The molecular weight excluding hydrogens is 170 g/mol. The highest BCUT2D eigenvalue weighted by Crippen LogP contribution is 2.13. The average Bonchev–Trinajstić information content (AvgIpc) is 2.34. The van der Waals surface area contributed by atoms with E-state index in [4.69, 9.17) is 5.11 Å². The molecule has 0 aromatic carbocycles. The van der Waals surface area contributed by atoms with E-state index < -0.39 is 0 Å². The number of rotatable bonds is 3. The van der Waals surface area contributed by atoms with Crippen molar-refractivity contribution < 1.29 is 14.7 Å². The quantitative estimate of drug-likeness (QED) is 0.616. The monoisotopic (exact) mass is 181 g/mol. The predicted octanol–water partition coefficient (Wildman–Crippen LogP) is -0.150. The maximum atomic E-state index is 11.4. The topological polar surface area (TPSA) is 57.6 Å². The summed E-state index contributed by atoms with van der Waals surface area (Å²) in [5, 5.41) is 8.59. The number of amides is 2. The second-order valence-electron chi connectivity index (χ2n) is 2.62. The Labute approximate surface area is 76.2 Å². The van der Waals surface area contributed by atoms with Gasteiger partial charge in [0, 0.05) is 11.6 Å². The van der Waals surface area contributed by atoms with Crippen LogP contribution in [0.25, 0.3) is 0 Å². The molecule has 0 spiro atoms. The predicted molar refractivity (Wildman–Crippen MR) is 46.7 cm³/mol. The third-order valence-corrected chi connectivity index (χ3v) is 1.71. The number of carbonyl (C=O) groups is 2. The molecule has 2 amide bonds. The van der Waals surface area contributed by atoms with Crippen molar-refractivity contribution in [1.82, 2.24) is 4.90 Å². The highest BCUT2D eigenvalue weighted by molar-refractivity contribution is 6.17. The average molecular weight is 181 g/mol. The number of hydrogen-bond acceptors (Lipinski definition) is 3. The molecule has 1 rings (SSSR count). The third kappa shape index (κ3) is 1.84. The first-order chi connectivity index (χ1) is 6.20. The lowest BCUT2D eigenvalue weighted by atomic mass is 10.2. The van der Waals surface area contributed by atoms with Crippen molar-refractivity contribution in [2.45, 2.75) is 6.92 Å². The normalized spacial score (nSPS) is 17.4. The van der Waals surface area contributed by atoms with Crippen LogP contribution in [0.15, 0.2) is 23.8 Å². The maximum Gasteiger partial charge on any atom is 0.260 e. The van der Waals surface area contributed by atoms with E-state index in [9.17, 15) is 9.59 Å². The molecule has 0 aromatic rings. The summed E-state index contributed by atoms with van der Waals surface area (Å²) < 4.78 is 0. The number of imide groups is 1. The Morgan fingerprint density at radius 2 is 2.23 bits per heavy atom. The van der Waals surface area contributed by atoms with Gasteiger partial charge in [0.2, 0.25) is 0 Å². The van der Waals surface area contributed by atoms with Crippen LogP contribution in [0.3, 0.4) is 0 Å². The van der Waals surface area contributed by atoms with Crippen molar-refractivity contribution in [3.05, 3.63) is 23.8 Å². The molecule has 0 radical (unpaired) electrons. The maximum absolute atomic E-state index is 11.4. The van der Waals surface area contributed by atoms with Crippen molar-refractivity contribution >= 4 is 11.8 Å². The Kier molecular flexibility index (Phi) is 2.97. The lowest BCUT2D eigenvalue weighted by molar-refractivity contribution is -0.137. The van der Waals surface area contributed by atoms with E-state index in [1.165, 1.54) is 6.08 Å². The minimum absolute atomic E-state index is 0.0647. The summed E-state index contributed by atoms with van der Waals surface area (Å²) in [5.41, 5.74) is 0.376. The van der Waals surface area contributed by atoms with Crippen LogP contribution in [-0.2, 0) is 9.59 Å². The zero-order chi connectivity index (χ0) is 9.84. The molecule has 0 fully saturated rings. The van der Waals surface area contributed by atoms with Crippen LogP contribution >= 0.6 is 0 Å². The Hall–Kier alpha value is -1.42. The number of carbonyl (C=O) groups excluding carboxylic acids is 2. The number of β-amino-alcohol motifs (C(OH)–C–C–N with tert-alkyl or cyclic N) is 1. The van der Waals surface area contributed by atoms with Gasteiger partial charge >= 0.3 is 0 Å². The van der Waals surface area contributed by atoms with E-state index in [1.54, 1.807) is 19.1 Å². The Morgan fingerprint density at radius 1 is 1.54 bits per heavy atom. The SMILES string of the molecule is C/C=C/C1=CC(=O)N(CCO)C1=O. The molecule has 0 aromatic heterocycles. The molecule has 4 heteroatoms. The van der Waals surface area contributed by atoms with E-state index in [0.717, 1.165) is 4.90 Å². The van der Waals surface area contributed by atoms with Crippen LogP contribution < -0.4 is 0 Å². The largest absolute Gasteiger partial charge is 0.395 e. The Morgan fingerprint density at radius 3 is 2.77 bits per heavy atom. The number of aliphatic hydroxyl groups is 1. The zero-order valence-electron chi connectivity index (χ0n) is 7.36. The lowest BCUT2D eigenvalue weighted by Crippen LogP contribution is -2.33. The Bertz CT molecular complexity index is 291. The molecule has 4 nitrogen and oxygen atoms in total. The fraction of sp³-hybridized carbons (Fsp3) is 0.333. The minimum atomic E-state index is -0.354. The summed E-state index contributed by atoms with van der Waals surface area (Å²) in [6.45, 7) is 1.64. The van der Waals surface area contributed by atoms with Crippen molar-refractivity contribution in [3.8, 4) is 0 Å².